The van der Waals surface area contributed by atoms with Crippen molar-refractivity contribution in [2.45, 2.75) is 34.1 Å². The molecule has 0 amide bonds. The summed E-state index contributed by atoms with van der Waals surface area (Å²) in [5, 5.41) is 3.94. The van der Waals surface area contributed by atoms with Crippen LogP contribution in [-0.4, -0.2) is 12.3 Å². The quantitative estimate of drug-likeness (QED) is 0.274. The summed E-state index contributed by atoms with van der Waals surface area (Å²) in [7, 11) is 0. The predicted molar refractivity (Wildman–Crippen MR) is 53.3 cm³/mol. The van der Waals surface area contributed by atoms with Crippen molar-refractivity contribution < 1.29 is 4.84 Å². The minimum Gasteiger partial charge on any atom is -0.392 e. The standard InChI is InChI=1S/C10H19NO/c1-6-7-12-11-9(2)8-10(3,4)5/h6H,1,7-8H2,2-5H3/b11-9-. The average Bonchev–Trinajstić information content (AvgIpc) is 1.84. The zero-order valence-corrected chi connectivity index (χ0v) is 8.55. The second kappa shape index (κ2) is 4.96. The fourth-order valence-corrected chi connectivity index (χ4v) is 1.000. The van der Waals surface area contributed by atoms with Gasteiger partial charge in [0, 0.05) is 0 Å². The van der Waals surface area contributed by atoms with Gasteiger partial charge in [0.25, 0.3) is 0 Å². The van der Waals surface area contributed by atoms with E-state index in [1.54, 1.807) is 6.08 Å². The van der Waals surface area contributed by atoms with Crippen LogP contribution in [0.5, 0.6) is 0 Å². The lowest BCUT2D eigenvalue weighted by Gasteiger charge is -2.16. The van der Waals surface area contributed by atoms with Gasteiger partial charge in [0.15, 0.2) is 0 Å². The largest absolute Gasteiger partial charge is 0.392 e. The monoisotopic (exact) mass is 169 g/mol. The van der Waals surface area contributed by atoms with E-state index in [2.05, 4.69) is 32.5 Å². The van der Waals surface area contributed by atoms with Gasteiger partial charge in [0.1, 0.15) is 6.61 Å². The van der Waals surface area contributed by atoms with Crippen LogP contribution in [0.2, 0.25) is 0 Å². The third-order valence-electron chi connectivity index (χ3n) is 1.20. The van der Waals surface area contributed by atoms with Crippen molar-refractivity contribution in [1.29, 1.82) is 0 Å². The fourth-order valence-electron chi connectivity index (χ4n) is 1.000. The lowest BCUT2D eigenvalue weighted by atomic mass is 9.90. The van der Waals surface area contributed by atoms with E-state index >= 15 is 0 Å². The molecule has 0 aliphatic carbocycles. The molecule has 2 heteroatoms. The highest BCUT2D eigenvalue weighted by molar-refractivity contribution is 5.81. The molecule has 0 aliphatic rings. The van der Waals surface area contributed by atoms with Crippen molar-refractivity contribution in [3.8, 4) is 0 Å². The minimum absolute atomic E-state index is 0.283. The van der Waals surface area contributed by atoms with Crippen LogP contribution in [0.4, 0.5) is 0 Å². The lowest BCUT2D eigenvalue weighted by Crippen LogP contribution is -2.10. The Morgan fingerprint density at radius 1 is 1.50 bits per heavy atom. The fraction of sp³-hybridized carbons (Fsp3) is 0.700. The van der Waals surface area contributed by atoms with Crippen LogP contribution in [0, 0.1) is 5.41 Å². The number of hydrogen-bond acceptors (Lipinski definition) is 2. The molecule has 0 saturated carbocycles. The van der Waals surface area contributed by atoms with Gasteiger partial charge in [-0.2, -0.15) is 0 Å². The van der Waals surface area contributed by atoms with Crippen molar-refractivity contribution in [2.24, 2.45) is 10.6 Å². The van der Waals surface area contributed by atoms with E-state index in [0.717, 1.165) is 12.1 Å². The van der Waals surface area contributed by atoms with E-state index in [-0.39, 0.29) is 5.41 Å². The molecule has 0 heterocycles. The number of rotatable bonds is 4. The van der Waals surface area contributed by atoms with Crippen molar-refractivity contribution in [3.05, 3.63) is 12.7 Å². The van der Waals surface area contributed by atoms with Gasteiger partial charge in [0.05, 0.1) is 5.71 Å². The molecule has 0 aromatic rings. The molecule has 0 saturated heterocycles. The maximum Gasteiger partial charge on any atom is 0.135 e. The van der Waals surface area contributed by atoms with Crippen molar-refractivity contribution in [2.75, 3.05) is 6.61 Å². The summed E-state index contributed by atoms with van der Waals surface area (Å²) in [6, 6.07) is 0. The van der Waals surface area contributed by atoms with Crippen LogP contribution >= 0.6 is 0 Å². The van der Waals surface area contributed by atoms with Gasteiger partial charge in [-0.05, 0) is 18.8 Å². The summed E-state index contributed by atoms with van der Waals surface area (Å²) in [5.41, 5.74) is 1.31. The molecule has 0 aromatic heterocycles. The zero-order valence-electron chi connectivity index (χ0n) is 8.55. The summed E-state index contributed by atoms with van der Waals surface area (Å²) in [6.07, 6.45) is 2.65. The number of hydrogen-bond donors (Lipinski definition) is 0. The Morgan fingerprint density at radius 2 is 2.08 bits per heavy atom. The topological polar surface area (TPSA) is 21.6 Å². The first kappa shape index (κ1) is 11.2. The van der Waals surface area contributed by atoms with Crippen LogP contribution < -0.4 is 0 Å². The molecule has 0 radical (unpaired) electrons. The molecule has 12 heavy (non-hydrogen) atoms. The van der Waals surface area contributed by atoms with Gasteiger partial charge in [-0.25, -0.2) is 0 Å². The van der Waals surface area contributed by atoms with Crippen LogP contribution in [0.25, 0.3) is 0 Å². The molecule has 0 bridgehead atoms. The van der Waals surface area contributed by atoms with Crippen molar-refractivity contribution in [1.82, 2.24) is 0 Å². The minimum atomic E-state index is 0.283. The maximum atomic E-state index is 4.96. The van der Waals surface area contributed by atoms with Crippen LogP contribution in [0.1, 0.15) is 34.1 Å². The van der Waals surface area contributed by atoms with Crippen LogP contribution in [0.3, 0.4) is 0 Å². The number of oxime groups is 1. The second-order valence-electron chi connectivity index (χ2n) is 4.15. The molecule has 2 nitrogen and oxygen atoms in total. The Hall–Kier alpha value is -0.790. The molecule has 70 valence electrons. The SMILES string of the molecule is C=CCO/N=C(/C)CC(C)(C)C. The van der Waals surface area contributed by atoms with E-state index in [9.17, 15) is 0 Å². The predicted octanol–water partition coefficient (Wildman–Crippen LogP) is 3.00. The molecular formula is C10H19NO. The van der Waals surface area contributed by atoms with Gasteiger partial charge in [0.2, 0.25) is 0 Å². The lowest BCUT2D eigenvalue weighted by molar-refractivity contribution is 0.172. The Balaban J connectivity index is 3.77. The molecule has 0 N–H and O–H groups in total. The summed E-state index contributed by atoms with van der Waals surface area (Å²) in [6.45, 7) is 12.5. The molecule has 0 atom stereocenters. The highest BCUT2D eigenvalue weighted by Crippen LogP contribution is 2.18. The van der Waals surface area contributed by atoms with Gasteiger partial charge >= 0.3 is 0 Å². The normalized spacial score (nSPS) is 12.8. The van der Waals surface area contributed by atoms with E-state index in [0.29, 0.717) is 6.61 Å². The third kappa shape index (κ3) is 7.32. The molecule has 0 fully saturated rings. The third-order valence-corrected chi connectivity index (χ3v) is 1.20. The molecular weight excluding hydrogens is 150 g/mol. The maximum absolute atomic E-state index is 4.96. The molecule has 0 spiro atoms. The van der Waals surface area contributed by atoms with E-state index in [1.165, 1.54) is 0 Å². The Labute approximate surface area is 75.3 Å². The second-order valence-corrected chi connectivity index (χ2v) is 4.15. The van der Waals surface area contributed by atoms with Gasteiger partial charge in [-0.1, -0.05) is 38.6 Å². The van der Waals surface area contributed by atoms with E-state index in [1.807, 2.05) is 6.92 Å². The highest BCUT2D eigenvalue weighted by atomic mass is 16.6. The smallest absolute Gasteiger partial charge is 0.135 e. The van der Waals surface area contributed by atoms with Crippen LogP contribution in [-0.2, 0) is 4.84 Å². The van der Waals surface area contributed by atoms with E-state index < -0.39 is 0 Å². The van der Waals surface area contributed by atoms with Crippen molar-refractivity contribution >= 4 is 5.71 Å². The summed E-state index contributed by atoms with van der Waals surface area (Å²) < 4.78 is 0. The van der Waals surface area contributed by atoms with Gasteiger partial charge < -0.3 is 4.84 Å². The Morgan fingerprint density at radius 3 is 2.50 bits per heavy atom. The van der Waals surface area contributed by atoms with Crippen molar-refractivity contribution in [3.63, 3.8) is 0 Å². The first-order valence-corrected chi connectivity index (χ1v) is 4.22. The zero-order chi connectivity index (χ0) is 9.61. The Kier molecular flexibility index (Phi) is 4.64. The summed E-state index contributed by atoms with van der Waals surface area (Å²) in [4.78, 5) is 4.96. The molecule has 0 aromatic carbocycles. The van der Waals surface area contributed by atoms with Crippen LogP contribution in [0.15, 0.2) is 17.8 Å². The first-order valence-electron chi connectivity index (χ1n) is 4.22. The van der Waals surface area contributed by atoms with Gasteiger partial charge in [-0.3, -0.25) is 0 Å². The van der Waals surface area contributed by atoms with Gasteiger partial charge in [-0.15, -0.1) is 0 Å². The Bertz CT molecular complexity index is 165. The highest BCUT2D eigenvalue weighted by Gasteiger charge is 2.11. The first-order chi connectivity index (χ1) is 5.45. The summed E-state index contributed by atoms with van der Waals surface area (Å²) in [5.74, 6) is 0. The summed E-state index contributed by atoms with van der Waals surface area (Å²) >= 11 is 0. The average molecular weight is 169 g/mol. The van der Waals surface area contributed by atoms with E-state index in [4.69, 9.17) is 4.84 Å². The molecule has 0 rings (SSSR count). The number of nitrogens with zero attached hydrogens (tertiary/aromatic N) is 1. The molecule has 0 aliphatic heterocycles. The molecule has 0 unspecified atom stereocenters.